The maximum atomic E-state index is 11.7. The summed E-state index contributed by atoms with van der Waals surface area (Å²) in [7, 11) is 0. The third kappa shape index (κ3) is 2.00. The van der Waals surface area contributed by atoms with E-state index in [1.165, 1.54) is 10.9 Å². The maximum Gasteiger partial charge on any atom is 0.234 e. The molecule has 0 bridgehead atoms. The van der Waals surface area contributed by atoms with Gasteiger partial charge in [-0.05, 0) is 23.6 Å². The summed E-state index contributed by atoms with van der Waals surface area (Å²) in [6.07, 6.45) is 0.623. The Balaban J connectivity index is 1.91. The van der Waals surface area contributed by atoms with Gasteiger partial charge < -0.3 is 10.7 Å². The Hall–Kier alpha value is -2.59. The summed E-state index contributed by atoms with van der Waals surface area (Å²) in [4.78, 5) is 15.3. The monoisotopic (exact) mass is 291 g/mol. The van der Waals surface area contributed by atoms with Crippen LogP contribution in [-0.2, 0) is 11.2 Å². The zero-order chi connectivity index (χ0) is 15.1. The Morgan fingerprint density at radius 2 is 1.77 bits per heavy atom. The topological polar surface area (TPSA) is 70.9 Å². The van der Waals surface area contributed by atoms with Gasteiger partial charge in [-0.25, -0.2) is 0 Å². The molecule has 0 aliphatic carbocycles. The van der Waals surface area contributed by atoms with Crippen LogP contribution >= 0.6 is 0 Å². The van der Waals surface area contributed by atoms with E-state index < -0.39 is 0 Å². The summed E-state index contributed by atoms with van der Waals surface area (Å²) >= 11 is 0. The molecule has 2 aromatic carbocycles. The van der Waals surface area contributed by atoms with Gasteiger partial charge in [-0.3, -0.25) is 10.1 Å². The lowest BCUT2D eigenvalue weighted by atomic mass is 9.90. The van der Waals surface area contributed by atoms with Gasteiger partial charge in [-0.1, -0.05) is 48.5 Å². The van der Waals surface area contributed by atoms with E-state index in [9.17, 15) is 4.79 Å². The van der Waals surface area contributed by atoms with E-state index >= 15 is 0 Å². The van der Waals surface area contributed by atoms with Crippen LogP contribution in [0.15, 0.2) is 54.6 Å². The zero-order valence-electron chi connectivity index (χ0n) is 12.0. The lowest BCUT2D eigenvalue weighted by Crippen LogP contribution is -2.47. The van der Waals surface area contributed by atoms with E-state index in [2.05, 4.69) is 34.6 Å². The Bertz CT molecular complexity index is 838. The number of rotatable bonds is 2. The Kier molecular flexibility index (Phi) is 2.98. The standard InChI is InChI=1S/C18H17N3O/c19-18(22)15-10-13-12-8-4-5-9-14(12)20-17(13)16(21-15)11-6-2-1-3-7-11/h1-9,15-16,20-21H,10H2,(H2,19,22)/t15-,16?/m0/s1. The highest BCUT2D eigenvalue weighted by molar-refractivity contribution is 5.88. The van der Waals surface area contributed by atoms with Gasteiger partial charge in [0.05, 0.1) is 12.1 Å². The number of aromatic nitrogens is 1. The first-order valence-corrected chi connectivity index (χ1v) is 7.44. The van der Waals surface area contributed by atoms with Gasteiger partial charge in [0.2, 0.25) is 5.91 Å². The van der Waals surface area contributed by atoms with Gasteiger partial charge in [-0.15, -0.1) is 0 Å². The molecule has 2 heterocycles. The Morgan fingerprint density at radius 3 is 2.55 bits per heavy atom. The zero-order valence-corrected chi connectivity index (χ0v) is 12.0. The molecule has 22 heavy (non-hydrogen) atoms. The number of aromatic amines is 1. The molecule has 0 radical (unpaired) electrons. The SMILES string of the molecule is NC(=O)[C@@H]1Cc2c([nH]c3ccccc23)C(c2ccccc2)N1. The second-order valence-electron chi connectivity index (χ2n) is 5.73. The van der Waals surface area contributed by atoms with E-state index in [4.69, 9.17) is 5.73 Å². The normalized spacial score (nSPS) is 20.7. The predicted molar refractivity (Wildman–Crippen MR) is 86.4 cm³/mol. The average Bonchev–Trinajstić information content (AvgIpc) is 2.93. The van der Waals surface area contributed by atoms with Crippen molar-refractivity contribution >= 4 is 16.8 Å². The second-order valence-corrected chi connectivity index (χ2v) is 5.73. The maximum absolute atomic E-state index is 11.7. The van der Waals surface area contributed by atoms with Crippen LogP contribution in [0, 0.1) is 0 Å². The molecule has 4 rings (SSSR count). The number of H-pyrrole nitrogens is 1. The van der Waals surface area contributed by atoms with Gasteiger partial charge in [0.25, 0.3) is 0 Å². The number of nitrogens with one attached hydrogen (secondary N) is 2. The van der Waals surface area contributed by atoms with Gasteiger partial charge in [0.15, 0.2) is 0 Å². The number of para-hydroxylation sites is 1. The number of primary amides is 1. The number of benzene rings is 2. The minimum absolute atomic E-state index is 0.0464. The highest BCUT2D eigenvalue weighted by atomic mass is 16.1. The molecule has 1 unspecified atom stereocenters. The Morgan fingerprint density at radius 1 is 1.05 bits per heavy atom. The highest BCUT2D eigenvalue weighted by Gasteiger charge is 2.32. The summed E-state index contributed by atoms with van der Waals surface area (Å²) in [6.45, 7) is 0. The fourth-order valence-electron chi connectivity index (χ4n) is 3.33. The summed E-state index contributed by atoms with van der Waals surface area (Å²) in [5.41, 5.74) is 10.1. The van der Waals surface area contributed by atoms with Crippen molar-refractivity contribution in [3.05, 3.63) is 71.4 Å². The van der Waals surface area contributed by atoms with Gasteiger partial charge in [0, 0.05) is 16.6 Å². The third-order valence-corrected chi connectivity index (χ3v) is 4.39. The average molecular weight is 291 g/mol. The highest BCUT2D eigenvalue weighted by Crippen LogP contribution is 2.34. The first-order chi connectivity index (χ1) is 10.7. The third-order valence-electron chi connectivity index (χ3n) is 4.39. The molecular formula is C18H17N3O. The molecule has 4 heteroatoms. The van der Waals surface area contributed by atoms with Crippen LogP contribution in [0.4, 0.5) is 0 Å². The summed E-state index contributed by atoms with van der Waals surface area (Å²) in [5.74, 6) is -0.308. The molecule has 1 aliphatic heterocycles. The number of fused-ring (bicyclic) bond motifs is 3. The molecular weight excluding hydrogens is 274 g/mol. The minimum atomic E-state index is -0.350. The Labute approximate surface area is 128 Å². The van der Waals surface area contributed by atoms with E-state index in [0.717, 1.165) is 16.8 Å². The lowest BCUT2D eigenvalue weighted by molar-refractivity contribution is -0.120. The molecule has 1 aliphatic rings. The summed E-state index contributed by atoms with van der Waals surface area (Å²) < 4.78 is 0. The largest absolute Gasteiger partial charge is 0.368 e. The molecule has 4 N–H and O–H groups in total. The van der Waals surface area contributed by atoms with Gasteiger partial charge in [0.1, 0.15) is 0 Å². The van der Waals surface area contributed by atoms with Crippen molar-refractivity contribution in [2.75, 3.05) is 0 Å². The summed E-state index contributed by atoms with van der Waals surface area (Å²) in [6, 6.07) is 17.9. The molecule has 0 saturated heterocycles. The molecule has 1 amide bonds. The van der Waals surface area contributed by atoms with Crippen LogP contribution in [0.1, 0.15) is 22.9 Å². The first kappa shape index (κ1) is 13.1. The molecule has 0 saturated carbocycles. The molecule has 3 aromatic rings. The van der Waals surface area contributed by atoms with E-state index in [1.54, 1.807) is 0 Å². The van der Waals surface area contributed by atoms with E-state index in [-0.39, 0.29) is 18.0 Å². The first-order valence-electron chi connectivity index (χ1n) is 7.44. The molecule has 4 nitrogen and oxygen atoms in total. The van der Waals surface area contributed by atoms with Crippen molar-refractivity contribution in [1.29, 1.82) is 0 Å². The number of amides is 1. The van der Waals surface area contributed by atoms with Gasteiger partial charge >= 0.3 is 0 Å². The van der Waals surface area contributed by atoms with Crippen LogP contribution in [0.25, 0.3) is 10.9 Å². The molecule has 0 fully saturated rings. The molecule has 0 spiro atoms. The van der Waals surface area contributed by atoms with Crippen molar-refractivity contribution in [1.82, 2.24) is 10.3 Å². The van der Waals surface area contributed by atoms with Crippen molar-refractivity contribution in [3.63, 3.8) is 0 Å². The van der Waals surface area contributed by atoms with Crippen LogP contribution in [0.3, 0.4) is 0 Å². The lowest BCUT2D eigenvalue weighted by Gasteiger charge is -2.30. The van der Waals surface area contributed by atoms with Crippen LogP contribution < -0.4 is 11.1 Å². The molecule has 1 aromatic heterocycles. The van der Waals surface area contributed by atoms with E-state index in [1.807, 2.05) is 30.3 Å². The number of hydrogen-bond acceptors (Lipinski definition) is 2. The number of carbonyl (C=O) groups is 1. The minimum Gasteiger partial charge on any atom is -0.368 e. The quantitative estimate of drug-likeness (QED) is 0.677. The van der Waals surface area contributed by atoms with Crippen LogP contribution in [-0.4, -0.2) is 16.9 Å². The van der Waals surface area contributed by atoms with Crippen molar-refractivity contribution in [2.45, 2.75) is 18.5 Å². The number of nitrogens with two attached hydrogens (primary N) is 1. The van der Waals surface area contributed by atoms with Crippen molar-refractivity contribution in [3.8, 4) is 0 Å². The van der Waals surface area contributed by atoms with Crippen LogP contribution in [0.2, 0.25) is 0 Å². The number of carbonyl (C=O) groups excluding carboxylic acids is 1. The second kappa shape index (κ2) is 5.00. The predicted octanol–water partition coefficient (Wildman–Crippen LogP) is 2.26. The number of hydrogen-bond donors (Lipinski definition) is 3. The molecule has 110 valence electrons. The fraction of sp³-hybridized carbons (Fsp3) is 0.167. The fourth-order valence-corrected chi connectivity index (χ4v) is 3.33. The van der Waals surface area contributed by atoms with E-state index in [0.29, 0.717) is 6.42 Å². The van der Waals surface area contributed by atoms with Crippen LogP contribution in [0.5, 0.6) is 0 Å². The summed E-state index contributed by atoms with van der Waals surface area (Å²) in [5, 5.41) is 4.55. The van der Waals surface area contributed by atoms with Gasteiger partial charge in [-0.2, -0.15) is 0 Å². The van der Waals surface area contributed by atoms with Crippen molar-refractivity contribution < 1.29 is 4.79 Å². The molecule has 2 atom stereocenters. The smallest absolute Gasteiger partial charge is 0.234 e. The van der Waals surface area contributed by atoms with Crippen molar-refractivity contribution in [2.24, 2.45) is 5.73 Å².